The first kappa shape index (κ1) is 15.4. The Kier molecular flexibility index (Phi) is 3.95. The van der Waals surface area contributed by atoms with Crippen LogP contribution >= 0.6 is 11.3 Å². The Labute approximate surface area is 148 Å². The lowest BCUT2D eigenvalue weighted by molar-refractivity contribution is 0.102. The number of nitrogens with zero attached hydrogens (tertiary/aromatic N) is 2. The largest absolute Gasteiger partial charge is 0.442 e. The monoisotopic (exact) mass is 349 g/mol. The van der Waals surface area contributed by atoms with E-state index in [1.807, 2.05) is 71.7 Å². The molecule has 0 unspecified atom stereocenters. The molecule has 124 valence electrons. The summed E-state index contributed by atoms with van der Waals surface area (Å²) in [5.74, 6) is 0.205. The number of rotatable bonds is 4. The highest BCUT2D eigenvalue weighted by atomic mass is 32.1. The summed E-state index contributed by atoms with van der Waals surface area (Å²) in [6, 6.07) is 13.7. The van der Waals surface area contributed by atoms with Crippen molar-refractivity contribution < 1.29 is 9.21 Å². The predicted octanol–water partition coefficient (Wildman–Crippen LogP) is 4.75. The van der Waals surface area contributed by atoms with Gasteiger partial charge in [-0.05, 0) is 48.2 Å². The van der Waals surface area contributed by atoms with Crippen molar-refractivity contribution in [2.75, 3.05) is 5.32 Å². The van der Waals surface area contributed by atoms with Gasteiger partial charge in [-0.25, -0.2) is 4.98 Å². The number of hydrogen-bond acceptors (Lipinski definition) is 4. The van der Waals surface area contributed by atoms with Crippen molar-refractivity contribution in [2.24, 2.45) is 0 Å². The molecule has 5 nitrogen and oxygen atoms in total. The first-order valence-corrected chi connectivity index (χ1v) is 8.63. The fourth-order valence-corrected chi connectivity index (χ4v) is 3.30. The van der Waals surface area contributed by atoms with E-state index in [0.717, 1.165) is 21.8 Å². The fourth-order valence-electron chi connectivity index (χ4n) is 2.58. The Balaban J connectivity index is 1.64. The highest BCUT2D eigenvalue weighted by Gasteiger charge is 2.19. The predicted molar refractivity (Wildman–Crippen MR) is 98.3 cm³/mol. The van der Waals surface area contributed by atoms with Crippen molar-refractivity contribution in [3.8, 4) is 16.3 Å². The average molecular weight is 349 g/mol. The van der Waals surface area contributed by atoms with Crippen molar-refractivity contribution in [1.82, 2.24) is 9.55 Å². The lowest BCUT2D eigenvalue weighted by Gasteiger charge is -2.11. The number of anilines is 1. The molecule has 3 aromatic heterocycles. The second-order valence-corrected chi connectivity index (χ2v) is 6.50. The zero-order valence-electron chi connectivity index (χ0n) is 13.5. The molecule has 0 atom stereocenters. The van der Waals surface area contributed by atoms with Crippen LogP contribution in [0.4, 0.5) is 5.69 Å². The van der Waals surface area contributed by atoms with Crippen LogP contribution in [0.1, 0.15) is 16.1 Å². The number of carbonyl (C=O) groups is 1. The average Bonchev–Trinajstić information content (AvgIpc) is 3.37. The van der Waals surface area contributed by atoms with E-state index in [2.05, 4.69) is 10.3 Å². The molecule has 0 fully saturated rings. The third-order valence-corrected chi connectivity index (χ3v) is 4.77. The van der Waals surface area contributed by atoms with Gasteiger partial charge in [0.15, 0.2) is 17.8 Å². The molecular weight excluding hydrogens is 334 g/mol. The SMILES string of the molecule is Cc1ccc(-n2cccc2)cc1NC(=O)c1ncoc1-c1cccs1. The van der Waals surface area contributed by atoms with Gasteiger partial charge >= 0.3 is 0 Å². The van der Waals surface area contributed by atoms with Gasteiger partial charge in [0, 0.05) is 23.8 Å². The summed E-state index contributed by atoms with van der Waals surface area (Å²) in [7, 11) is 0. The molecule has 0 aliphatic rings. The Bertz CT molecular complexity index is 1000. The number of thiophene rings is 1. The van der Waals surface area contributed by atoms with E-state index in [1.165, 1.54) is 17.7 Å². The van der Waals surface area contributed by atoms with E-state index >= 15 is 0 Å². The Morgan fingerprint density at radius 1 is 1.20 bits per heavy atom. The minimum Gasteiger partial charge on any atom is -0.442 e. The lowest BCUT2D eigenvalue weighted by Crippen LogP contribution is -2.14. The Hall–Kier alpha value is -3.12. The molecule has 25 heavy (non-hydrogen) atoms. The highest BCUT2D eigenvalue weighted by Crippen LogP contribution is 2.28. The van der Waals surface area contributed by atoms with Crippen molar-refractivity contribution in [3.05, 3.63) is 77.9 Å². The van der Waals surface area contributed by atoms with E-state index in [-0.39, 0.29) is 11.6 Å². The van der Waals surface area contributed by atoms with E-state index in [9.17, 15) is 4.79 Å². The fraction of sp³-hybridized carbons (Fsp3) is 0.0526. The van der Waals surface area contributed by atoms with Gasteiger partial charge in [-0.3, -0.25) is 4.79 Å². The molecule has 0 bridgehead atoms. The van der Waals surface area contributed by atoms with Gasteiger partial charge in [-0.1, -0.05) is 12.1 Å². The zero-order chi connectivity index (χ0) is 17.2. The summed E-state index contributed by atoms with van der Waals surface area (Å²) < 4.78 is 7.40. The number of amides is 1. The molecule has 0 spiro atoms. The smallest absolute Gasteiger partial charge is 0.278 e. The van der Waals surface area contributed by atoms with Crippen LogP contribution in [0, 0.1) is 6.92 Å². The van der Waals surface area contributed by atoms with Crippen molar-refractivity contribution in [1.29, 1.82) is 0 Å². The van der Waals surface area contributed by atoms with Crippen LogP contribution in [0.3, 0.4) is 0 Å². The summed E-state index contributed by atoms with van der Waals surface area (Å²) in [6.45, 7) is 1.96. The number of nitrogens with one attached hydrogen (secondary N) is 1. The number of aromatic nitrogens is 2. The van der Waals surface area contributed by atoms with E-state index < -0.39 is 0 Å². The number of oxazole rings is 1. The molecule has 1 aromatic carbocycles. The second kappa shape index (κ2) is 6.41. The topological polar surface area (TPSA) is 60.1 Å². The number of aryl methyl sites for hydroxylation is 1. The summed E-state index contributed by atoms with van der Waals surface area (Å²) in [5.41, 5.74) is 2.99. The minimum atomic E-state index is -0.287. The second-order valence-electron chi connectivity index (χ2n) is 5.55. The molecule has 0 radical (unpaired) electrons. The molecule has 0 aliphatic heterocycles. The summed E-state index contributed by atoms with van der Waals surface area (Å²) in [5, 5.41) is 4.88. The number of carbonyl (C=O) groups excluding carboxylic acids is 1. The van der Waals surface area contributed by atoms with E-state index in [0.29, 0.717) is 5.76 Å². The molecule has 0 aliphatic carbocycles. The van der Waals surface area contributed by atoms with Crippen LogP contribution in [0.5, 0.6) is 0 Å². The lowest BCUT2D eigenvalue weighted by atomic mass is 10.1. The van der Waals surface area contributed by atoms with Crippen molar-refractivity contribution in [3.63, 3.8) is 0 Å². The maximum absolute atomic E-state index is 12.7. The molecule has 0 saturated heterocycles. The van der Waals surface area contributed by atoms with Gasteiger partial charge in [-0.15, -0.1) is 11.3 Å². The van der Waals surface area contributed by atoms with Gasteiger partial charge in [0.2, 0.25) is 0 Å². The summed E-state index contributed by atoms with van der Waals surface area (Å²) >= 11 is 1.51. The van der Waals surface area contributed by atoms with Crippen LogP contribution in [-0.4, -0.2) is 15.5 Å². The van der Waals surface area contributed by atoms with Crippen LogP contribution < -0.4 is 5.32 Å². The third kappa shape index (κ3) is 2.99. The normalized spacial score (nSPS) is 10.8. The van der Waals surface area contributed by atoms with Gasteiger partial charge in [-0.2, -0.15) is 0 Å². The molecule has 4 rings (SSSR count). The van der Waals surface area contributed by atoms with Crippen LogP contribution in [0.15, 0.2) is 71.0 Å². The quantitative estimate of drug-likeness (QED) is 0.578. The van der Waals surface area contributed by atoms with Crippen LogP contribution in [0.2, 0.25) is 0 Å². The summed E-state index contributed by atoms with van der Waals surface area (Å²) in [4.78, 5) is 17.7. The number of benzene rings is 1. The first-order chi connectivity index (χ1) is 12.2. The molecule has 0 saturated carbocycles. The standard InChI is InChI=1S/C19H15N3O2S/c1-13-6-7-14(22-8-2-3-9-22)11-15(13)21-19(23)17-18(24-12-20-17)16-5-4-10-25-16/h2-12H,1H3,(H,21,23). The zero-order valence-corrected chi connectivity index (χ0v) is 14.3. The van der Waals surface area contributed by atoms with E-state index in [4.69, 9.17) is 4.42 Å². The molecular formula is C19H15N3O2S. The van der Waals surface area contributed by atoms with Crippen LogP contribution in [-0.2, 0) is 0 Å². The van der Waals surface area contributed by atoms with Crippen molar-refractivity contribution >= 4 is 22.9 Å². The van der Waals surface area contributed by atoms with E-state index in [1.54, 1.807) is 0 Å². The molecule has 4 aromatic rings. The molecule has 1 N–H and O–H groups in total. The Morgan fingerprint density at radius 3 is 2.80 bits per heavy atom. The minimum absolute atomic E-state index is 0.285. The third-order valence-electron chi connectivity index (χ3n) is 3.90. The maximum atomic E-state index is 12.7. The maximum Gasteiger partial charge on any atom is 0.278 e. The molecule has 6 heteroatoms. The van der Waals surface area contributed by atoms with Gasteiger partial charge in [0.05, 0.1) is 4.88 Å². The van der Waals surface area contributed by atoms with Crippen LogP contribution in [0.25, 0.3) is 16.3 Å². The molecule has 3 heterocycles. The van der Waals surface area contributed by atoms with Gasteiger partial charge in [0.25, 0.3) is 5.91 Å². The summed E-state index contributed by atoms with van der Waals surface area (Å²) in [6.07, 6.45) is 5.22. The number of hydrogen-bond donors (Lipinski definition) is 1. The van der Waals surface area contributed by atoms with Crippen molar-refractivity contribution in [2.45, 2.75) is 6.92 Å². The van der Waals surface area contributed by atoms with Gasteiger partial charge in [0.1, 0.15) is 0 Å². The Morgan fingerprint density at radius 2 is 2.04 bits per heavy atom. The van der Waals surface area contributed by atoms with Gasteiger partial charge < -0.3 is 14.3 Å². The highest BCUT2D eigenvalue weighted by molar-refractivity contribution is 7.13. The first-order valence-electron chi connectivity index (χ1n) is 7.75. The molecule has 1 amide bonds.